The number of nitrogens with one attached hydrogen (secondary N) is 2. The number of amides is 2. The molecule has 2 amide bonds. The largest absolute Gasteiger partial charge is 0.352 e. The Hall–Kier alpha value is -2.73. The van der Waals surface area contributed by atoms with Crippen LogP contribution >= 0.6 is 0 Å². The van der Waals surface area contributed by atoms with E-state index < -0.39 is 17.8 Å². The Kier molecular flexibility index (Phi) is 8.99. The van der Waals surface area contributed by atoms with E-state index in [4.69, 9.17) is 0 Å². The first-order valence-corrected chi connectivity index (χ1v) is 10.5. The Balaban J connectivity index is 2.11. The predicted molar refractivity (Wildman–Crippen MR) is 118 cm³/mol. The molecule has 6 heteroatoms. The normalized spacial score (nSPS) is 13.2. The van der Waals surface area contributed by atoms with Crippen LogP contribution in [-0.4, -0.2) is 42.4 Å². The molecule has 2 rings (SSSR count). The molecular formula is C24H32FN3O2. The minimum absolute atomic E-state index is 0.0280. The van der Waals surface area contributed by atoms with Gasteiger partial charge in [-0.3, -0.25) is 14.5 Å². The lowest BCUT2D eigenvalue weighted by molar-refractivity contribution is -0.124. The van der Waals surface area contributed by atoms with Crippen molar-refractivity contribution in [3.05, 3.63) is 71.5 Å². The summed E-state index contributed by atoms with van der Waals surface area (Å²) in [5.74, 6) is -1.62. The summed E-state index contributed by atoms with van der Waals surface area (Å²) in [7, 11) is 0. The SMILES string of the molecule is CCN(CC)C(CNC(=O)C(NC(=O)c1ccccc1F)C(C)C)c1ccccc1. The molecule has 0 heterocycles. The molecule has 30 heavy (non-hydrogen) atoms. The molecule has 162 valence electrons. The predicted octanol–water partition coefficient (Wildman–Crippen LogP) is 3.78. The summed E-state index contributed by atoms with van der Waals surface area (Å²) in [6, 6.07) is 15.1. The number of hydrogen-bond donors (Lipinski definition) is 2. The summed E-state index contributed by atoms with van der Waals surface area (Å²) in [5.41, 5.74) is 1.05. The molecule has 0 saturated heterocycles. The third-order valence-electron chi connectivity index (χ3n) is 5.26. The first-order valence-electron chi connectivity index (χ1n) is 10.5. The van der Waals surface area contributed by atoms with Crippen LogP contribution in [0.25, 0.3) is 0 Å². The van der Waals surface area contributed by atoms with Crippen molar-refractivity contribution in [2.24, 2.45) is 5.92 Å². The van der Waals surface area contributed by atoms with E-state index in [2.05, 4.69) is 41.5 Å². The standard InChI is InChI=1S/C24H32FN3O2/c1-5-28(6-2)21(18-12-8-7-9-13-18)16-26-24(30)22(17(3)4)27-23(29)19-14-10-11-15-20(19)25/h7-15,17,21-22H,5-6,16H2,1-4H3,(H,26,30)(H,27,29). The van der Waals surface area contributed by atoms with Gasteiger partial charge in [0.2, 0.25) is 5.91 Å². The van der Waals surface area contributed by atoms with Crippen LogP contribution in [0.4, 0.5) is 4.39 Å². The third-order valence-corrected chi connectivity index (χ3v) is 5.26. The number of benzene rings is 2. The molecule has 2 N–H and O–H groups in total. The highest BCUT2D eigenvalue weighted by Gasteiger charge is 2.27. The van der Waals surface area contributed by atoms with Crippen molar-refractivity contribution in [3.8, 4) is 0 Å². The van der Waals surface area contributed by atoms with Crippen LogP contribution in [0.2, 0.25) is 0 Å². The topological polar surface area (TPSA) is 61.4 Å². The molecular weight excluding hydrogens is 381 g/mol. The number of halogens is 1. The van der Waals surface area contributed by atoms with Crippen LogP contribution in [-0.2, 0) is 4.79 Å². The van der Waals surface area contributed by atoms with Gasteiger partial charge in [0.15, 0.2) is 0 Å². The molecule has 0 aliphatic rings. The first-order chi connectivity index (χ1) is 14.4. The van der Waals surface area contributed by atoms with Crippen molar-refractivity contribution in [3.63, 3.8) is 0 Å². The third kappa shape index (κ3) is 6.13. The van der Waals surface area contributed by atoms with Gasteiger partial charge in [-0.25, -0.2) is 4.39 Å². The van der Waals surface area contributed by atoms with E-state index in [9.17, 15) is 14.0 Å². The minimum atomic E-state index is -0.759. The highest BCUT2D eigenvalue weighted by Crippen LogP contribution is 2.19. The second-order valence-corrected chi connectivity index (χ2v) is 7.57. The zero-order valence-electron chi connectivity index (χ0n) is 18.2. The molecule has 0 radical (unpaired) electrons. The fourth-order valence-corrected chi connectivity index (χ4v) is 3.50. The van der Waals surface area contributed by atoms with Crippen molar-refractivity contribution in [2.75, 3.05) is 19.6 Å². The fourth-order valence-electron chi connectivity index (χ4n) is 3.50. The van der Waals surface area contributed by atoms with Crippen molar-refractivity contribution >= 4 is 11.8 Å². The molecule has 2 atom stereocenters. The van der Waals surface area contributed by atoms with Crippen molar-refractivity contribution in [1.29, 1.82) is 0 Å². The number of carbonyl (C=O) groups excluding carboxylic acids is 2. The van der Waals surface area contributed by atoms with Gasteiger partial charge in [0, 0.05) is 6.54 Å². The fraction of sp³-hybridized carbons (Fsp3) is 0.417. The summed E-state index contributed by atoms with van der Waals surface area (Å²) in [6.07, 6.45) is 0. The number of rotatable bonds is 10. The van der Waals surface area contributed by atoms with Gasteiger partial charge in [0.1, 0.15) is 11.9 Å². The van der Waals surface area contributed by atoms with Gasteiger partial charge < -0.3 is 10.6 Å². The summed E-state index contributed by atoms with van der Waals surface area (Å²) in [6.45, 7) is 10.0. The first kappa shape index (κ1) is 23.5. The number of likely N-dealkylation sites (N-methyl/N-ethyl adjacent to an activating group) is 1. The molecule has 0 saturated carbocycles. The number of nitrogens with zero attached hydrogens (tertiary/aromatic N) is 1. The number of hydrogen-bond acceptors (Lipinski definition) is 3. The van der Waals surface area contributed by atoms with E-state index in [1.54, 1.807) is 6.07 Å². The van der Waals surface area contributed by atoms with Crippen LogP contribution < -0.4 is 10.6 Å². The van der Waals surface area contributed by atoms with Gasteiger partial charge in [-0.2, -0.15) is 0 Å². The smallest absolute Gasteiger partial charge is 0.254 e. The molecule has 0 aliphatic heterocycles. The Morgan fingerprint density at radius 2 is 1.57 bits per heavy atom. The molecule has 0 bridgehead atoms. The lowest BCUT2D eigenvalue weighted by atomic mass is 10.0. The highest BCUT2D eigenvalue weighted by atomic mass is 19.1. The molecule has 0 aliphatic carbocycles. The van der Waals surface area contributed by atoms with Gasteiger partial charge in [-0.1, -0.05) is 70.2 Å². The van der Waals surface area contributed by atoms with Crippen LogP contribution in [0.1, 0.15) is 49.7 Å². The van der Waals surface area contributed by atoms with E-state index >= 15 is 0 Å². The second-order valence-electron chi connectivity index (χ2n) is 7.57. The zero-order chi connectivity index (χ0) is 22.1. The van der Waals surface area contributed by atoms with Gasteiger partial charge in [0.25, 0.3) is 5.91 Å². The Labute approximate surface area is 178 Å². The van der Waals surface area contributed by atoms with Crippen LogP contribution in [0.5, 0.6) is 0 Å². The Morgan fingerprint density at radius 1 is 0.967 bits per heavy atom. The van der Waals surface area contributed by atoms with E-state index in [-0.39, 0.29) is 23.4 Å². The van der Waals surface area contributed by atoms with Gasteiger partial charge in [-0.05, 0) is 36.7 Å². The zero-order valence-corrected chi connectivity index (χ0v) is 18.2. The molecule has 2 unspecified atom stereocenters. The van der Waals surface area contributed by atoms with Crippen LogP contribution in [0.15, 0.2) is 54.6 Å². The summed E-state index contributed by atoms with van der Waals surface area (Å²) in [4.78, 5) is 27.7. The molecule has 0 aromatic heterocycles. The van der Waals surface area contributed by atoms with E-state index in [1.165, 1.54) is 18.2 Å². The second kappa shape index (κ2) is 11.5. The van der Waals surface area contributed by atoms with Crippen LogP contribution in [0, 0.1) is 11.7 Å². The average Bonchev–Trinajstić information content (AvgIpc) is 2.75. The summed E-state index contributed by atoms with van der Waals surface area (Å²) >= 11 is 0. The van der Waals surface area contributed by atoms with Crippen molar-refractivity contribution in [2.45, 2.75) is 39.8 Å². The van der Waals surface area contributed by atoms with E-state index in [1.807, 2.05) is 32.0 Å². The maximum atomic E-state index is 13.9. The molecule has 2 aromatic rings. The summed E-state index contributed by atoms with van der Waals surface area (Å²) in [5, 5.41) is 5.68. The lowest BCUT2D eigenvalue weighted by Gasteiger charge is -2.31. The van der Waals surface area contributed by atoms with Gasteiger partial charge in [0.05, 0.1) is 11.6 Å². The molecule has 0 fully saturated rings. The highest BCUT2D eigenvalue weighted by molar-refractivity contribution is 5.97. The quantitative estimate of drug-likeness (QED) is 0.623. The van der Waals surface area contributed by atoms with E-state index in [0.717, 1.165) is 18.7 Å². The Bertz CT molecular complexity index is 822. The van der Waals surface area contributed by atoms with Gasteiger partial charge >= 0.3 is 0 Å². The van der Waals surface area contributed by atoms with Crippen LogP contribution in [0.3, 0.4) is 0 Å². The molecule has 5 nitrogen and oxygen atoms in total. The average molecular weight is 414 g/mol. The Morgan fingerprint density at radius 3 is 2.13 bits per heavy atom. The van der Waals surface area contributed by atoms with E-state index in [0.29, 0.717) is 6.54 Å². The monoisotopic (exact) mass is 413 g/mol. The molecule has 0 spiro atoms. The van der Waals surface area contributed by atoms with Crippen molar-refractivity contribution < 1.29 is 14.0 Å². The number of carbonyl (C=O) groups is 2. The maximum Gasteiger partial charge on any atom is 0.254 e. The molecule has 2 aromatic carbocycles. The summed E-state index contributed by atoms with van der Waals surface area (Å²) < 4.78 is 13.9. The maximum absolute atomic E-state index is 13.9. The minimum Gasteiger partial charge on any atom is -0.352 e. The van der Waals surface area contributed by atoms with Crippen molar-refractivity contribution in [1.82, 2.24) is 15.5 Å². The van der Waals surface area contributed by atoms with Gasteiger partial charge in [-0.15, -0.1) is 0 Å². The lowest BCUT2D eigenvalue weighted by Crippen LogP contribution is -2.51.